The lowest BCUT2D eigenvalue weighted by atomic mass is 9.64. The van der Waals surface area contributed by atoms with Crippen LogP contribution in [-0.2, 0) is 12.1 Å². The van der Waals surface area contributed by atoms with Crippen molar-refractivity contribution >= 4 is 0 Å². The Hall–Kier alpha value is -1.91. The molecule has 2 aliphatic rings. The highest BCUT2D eigenvalue weighted by Crippen LogP contribution is 2.48. The molecule has 1 aromatic carbocycles. The minimum absolute atomic E-state index is 0.258. The summed E-state index contributed by atoms with van der Waals surface area (Å²) in [6.07, 6.45) is 5.15. The third-order valence-electron chi connectivity index (χ3n) is 5.95. The number of methoxy groups -OCH3 is 1. The van der Waals surface area contributed by atoms with Gasteiger partial charge in [0.05, 0.1) is 12.8 Å². The first-order valence-corrected chi connectivity index (χ1v) is 9.19. The zero-order valence-corrected chi connectivity index (χ0v) is 14.8. The number of aliphatic hydroxyl groups is 1. The van der Waals surface area contributed by atoms with Crippen LogP contribution in [0.2, 0.25) is 0 Å². The Bertz CT molecular complexity index is 688. The van der Waals surface area contributed by atoms with Gasteiger partial charge in [0.2, 0.25) is 0 Å². The molecule has 1 aliphatic carbocycles. The van der Waals surface area contributed by atoms with E-state index in [1.165, 1.54) is 12.0 Å². The summed E-state index contributed by atoms with van der Waals surface area (Å²) in [6.45, 7) is 2.78. The van der Waals surface area contributed by atoms with Crippen LogP contribution in [0, 0.1) is 11.8 Å². The molecule has 0 amide bonds. The molecule has 2 atom stereocenters. The van der Waals surface area contributed by atoms with Crippen LogP contribution in [0.15, 0.2) is 48.7 Å². The molecule has 132 valence electrons. The van der Waals surface area contributed by atoms with E-state index < -0.39 is 5.60 Å². The monoisotopic (exact) mass is 338 g/mol. The number of fused-ring (bicyclic) bond motifs is 2. The van der Waals surface area contributed by atoms with Crippen LogP contribution in [0.1, 0.15) is 30.5 Å². The van der Waals surface area contributed by atoms with E-state index in [2.05, 4.69) is 22.0 Å². The van der Waals surface area contributed by atoms with Crippen molar-refractivity contribution in [1.29, 1.82) is 0 Å². The number of likely N-dealkylation sites (tertiary alicyclic amines) is 1. The molecule has 2 fully saturated rings. The van der Waals surface area contributed by atoms with Crippen molar-refractivity contribution in [2.24, 2.45) is 11.8 Å². The maximum atomic E-state index is 11.6. The van der Waals surface area contributed by atoms with Gasteiger partial charge in [-0.1, -0.05) is 24.6 Å². The van der Waals surface area contributed by atoms with E-state index in [4.69, 9.17) is 4.74 Å². The molecule has 1 saturated heterocycles. The number of aromatic nitrogens is 1. The maximum absolute atomic E-state index is 11.6. The van der Waals surface area contributed by atoms with Gasteiger partial charge in [0.1, 0.15) is 11.4 Å². The normalized spacial score (nSPS) is 29.4. The molecule has 4 rings (SSSR count). The van der Waals surface area contributed by atoms with Gasteiger partial charge in [0, 0.05) is 37.7 Å². The second-order valence-corrected chi connectivity index (χ2v) is 7.41. The standard InChI is InChI=1S/C21H26N2O2/c1-25-19-10-8-16(9-11-19)13-23-14-17-5-4-6-18(15-23)21(17,24)20-7-2-3-12-22-20/h2-3,7-12,17-18,24H,4-6,13-15H2,1H3. The minimum atomic E-state index is -0.768. The van der Waals surface area contributed by atoms with Gasteiger partial charge in [0.25, 0.3) is 0 Å². The fourth-order valence-electron chi connectivity index (χ4n) is 4.68. The number of pyridine rings is 1. The van der Waals surface area contributed by atoms with Gasteiger partial charge >= 0.3 is 0 Å². The molecule has 1 saturated carbocycles. The molecule has 2 aromatic rings. The van der Waals surface area contributed by atoms with Crippen LogP contribution < -0.4 is 4.74 Å². The largest absolute Gasteiger partial charge is 0.497 e. The summed E-state index contributed by atoms with van der Waals surface area (Å²) in [5.41, 5.74) is 1.38. The highest BCUT2D eigenvalue weighted by molar-refractivity contribution is 5.27. The number of ether oxygens (including phenoxy) is 1. The third kappa shape index (κ3) is 3.05. The van der Waals surface area contributed by atoms with Crippen molar-refractivity contribution in [3.05, 3.63) is 59.9 Å². The Balaban J connectivity index is 1.53. The predicted octanol–water partition coefficient (Wildman–Crippen LogP) is 3.21. The molecule has 0 spiro atoms. The van der Waals surface area contributed by atoms with E-state index in [9.17, 15) is 5.11 Å². The summed E-state index contributed by atoms with van der Waals surface area (Å²) in [5.74, 6) is 1.41. The van der Waals surface area contributed by atoms with E-state index >= 15 is 0 Å². The first kappa shape index (κ1) is 16.6. The van der Waals surface area contributed by atoms with Crippen molar-refractivity contribution in [1.82, 2.24) is 9.88 Å². The Morgan fingerprint density at radius 1 is 1.12 bits per heavy atom. The van der Waals surface area contributed by atoms with Crippen LogP contribution in [0.3, 0.4) is 0 Å². The fraction of sp³-hybridized carbons (Fsp3) is 0.476. The molecule has 1 aliphatic heterocycles. The summed E-state index contributed by atoms with van der Waals surface area (Å²) in [7, 11) is 1.69. The summed E-state index contributed by atoms with van der Waals surface area (Å²) in [6, 6.07) is 14.2. The summed E-state index contributed by atoms with van der Waals surface area (Å²) >= 11 is 0. The number of hydrogen-bond donors (Lipinski definition) is 1. The number of benzene rings is 1. The molecule has 2 unspecified atom stereocenters. The van der Waals surface area contributed by atoms with Gasteiger partial charge in [-0.3, -0.25) is 9.88 Å². The minimum Gasteiger partial charge on any atom is -0.497 e. The van der Waals surface area contributed by atoms with Gasteiger partial charge in [-0.05, 0) is 42.7 Å². The molecule has 4 heteroatoms. The number of rotatable bonds is 4. The molecule has 0 radical (unpaired) electrons. The van der Waals surface area contributed by atoms with Crippen LogP contribution in [0.4, 0.5) is 0 Å². The molecule has 1 aromatic heterocycles. The highest BCUT2D eigenvalue weighted by atomic mass is 16.5. The van der Waals surface area contributed by atoms with Crippen LogP contribution in [0.25, 0.3) is 0 Å². The molecule has 4 nitrogen and oxygen atoms in total. The van der Waals surface area contributed by atoms with Gasteiger partial charge in [-0.25, -0.2) is 0 Å². The van der Waals surface area contributed by atoms with Gasteiger partial charge < -0.3 is 9.84 Å². The SMILES string of the molecule is COc1ccc(CN2CC3CCCC(C2)C3(O)c2ccccn2)cc1. The smallest absolute Gasteiger partial charge is 0.118 e. The fourth-order valence-corrected chi connectivity index (χ4v) is 4.68. The van der Waals surface area contributed by atoms with Crippen molar-refractivity contribution in [2.45, 2.75) is 31.4 Å². The molecule has 2 heterocycles. The Kier molecular flexibility index (Phi) is 4.48. The second kappa shape index (κ2) is 6.77. The molecule has 1 N–H and O–H groups in total. The first-order chi connectivity index (χ1) is 12.2. The van der Waals surface area contributed by atoms with Crippen molar-refractivity contribution in [3.63, 3.8) is 0 Å². The van der Waals surface area contributed by atoms with E-state index in [0.29, 0.717) is 0 Å². The lowest BCUT2D eigenvalue weighted by Gasteiger charge is -2.52. The summed E-state index contributed by atoms with van der Waals surface area (Å²) in [4.78, 5) is 7.00. The average Bonchev–Trinajstić information content (AvgIpc) is 2.64. The quantitative estimate of drug-likeness (QED) is 0.930. The number of piperidine rings is 1. The number of nitrogens with zero attached hydrogens (tertiary/aromatic N) is 2. The Morgan fingerprint density at radius 2 is 1.84 bits per heavy atom. The van der Waals surface area contributed by atoms with E-state index in [1.807, 2.05) is 30.3 Å². The van der Waals surface area contributed by atoms with Crippen LogP contribution in [0.5, 0.6) is 5.75 Å². The van der Waals surface area contributed by atoms with Crippen LogP contribution >= 0.6 is 0 Å². The molecule has 25 heavy (non-hydrogen) atoms. The highest BCUT2D eigenvalue weighted by Gasteiger charge is 2.52. The first-order valence-electron chi connectivity index (χ1n) is 9.19. The van der Waals surface area contributed by atoms with Crippen molar-refractivity contribution in [3.8, 4) is 5.75 Å². The molecular formula is C21H26N2O2. The molecular weight excluding hydrogens is 312 g/mol. The Morgan fingerprint density at radius 3 is 2.44 bits per heavy atom. The lowest BCUT2D eigenvalue weighted by molar-refractivity contribution is -0.151. The third-order valence-corrected chi connectivity index (χ3v) is 5.95. The zero-order chi connectivity index (χ0) is 17.3. The number of hydrogen-bond acceptors (Lipinski definition) is 4. The topological polar surface area (TPSA) is 45.6 Å². The summed E-state index contributed by atoms with van der Waals surface area (Å²) < 4.78 is 5.24. The Labute approximate surface area is 149 Å². The zero-order valence-electron chi connectivity index (χ0n) is 14.8. The summed E-state index contributed by atoms with van der Waals surface area (Å²) in [5, 5.41) is 11.6. The van der Waals surface area contributed by atoms with E-state index in [0.717, 1.165) is 43.9 Å². The second-order valence-electron chi connectivity index (χ2n) is 7.41. The van der Waals surface area contributed by atoms with Crippen LogP contribution in [-0.4, -0.2) is 35.2 Å². The van der Waals surface area contributed by atoms with E-state index in [1.54, 1.807) is 13.3 Å². The maximum Gasteiger partial charge on any atom is 0.118 e. The van der Waals surface area contributed by atoms with Gasteiger partial charge in [-0.15, -0.1) is 0 Å². The lowest BCUT2D eigenvalue weighted by Crippen LogP contribution is -2.58. The van der Waals surface area contributed by atoms with Crippen molar-refractivity contribution in [2.75, 3.05) is 20.2 Å². The van der Waals surface area contributed by atoms with Gasteiger partial charge in [0.15, 0.2) is 0 Å². The van der Waals surface area contributed by atoms with Gasteiger partial charge in [-0.2, -0.15) is 0 Å². The van der Waals surface area contributed by atoms with E-state index in [-0.39, 0.29) is 11.8 Å². The average molecular weight is 338 g/mol. The predicted molar refractivity (Wildman–Crippen MR) is 97.2 cm³/mol. The van der Waals surface area contributed by atoms with Crippen molar-refractivity contribution < 1.29 is 9.84 Å². The molecule has 2 bridgehead atoms.